The van der Waals surface area contributed by atoms with Gasteiger partial charge in [0.2, 0.25) is 0 Å². The number of hydrogen-bond donors (Lipinski definition) is 1. The van der Waals surface area contributed by atoms with Gasteiger partial charge in [0.05, 0.1) is 18.9 Å². The Labute approximate surface area is 114 Å². The summed E-state index contributed by atoms with van der Waals surface area (Å²) in [4.78, 5) is 0. The topological polar surface area (TPSA) is 34.4 Å². The summed E-state index contributed by atoms with van der Waals surface area (Å²) in [5.41, 5.74) is 1.20. The number of ether oxygens (including phenoxy) is 1. The molecule has 19 heavy (non-hydrogen) atoms. The summed E-state index contributed by atoms with van der Waals surface area (Å²) in [6.45, 7) is 2.85. The molecule has 0 aliphatic carbocycles. The third-order valence-corrected chi connectivity index (χ3v) is 3.22. The highest BCUT2D eigenvalue weighted by Gasteiger charge is 2.19. The van der Waals surface area contributed by atoms with E-state index >= 15 is 0 Å². The van der Waals surface area contributed by atoms with Crippen LogP contribution in [0, 0.1) is 0 Å². The van der Waals surface area contributed by atoms with Gasteiger partial charge in [0.1, 0.15) is 5.76 Å². The number of benzene rings is 1. The van der Waals surface area contributed by atoms with Crippen LogP contribution in [0.3, 0.4) is 0 Å². The Bertz CT molecular complexity index is 453. The van der Waals surface area contributed by atoms with Crippen molar-refractivity contribution in [2.45, 2.75) is 25.4 Å². The van der Waals surface area contributed by atoms with E-state index in [0.717, 1.165) is 12.2 Å². The fourth-order valence-electron chi connectivity index (χ4n) is 2.16. The summed E-state index contributed by atoms with van der Waals surface area (Å²) in [7, 11) is 1.73. The molecule has 2 unspecified atom stereocenters. The van der Waals surface area contributed by atoms with Crippen molar-refractivity contribution in [3.05, 3.63) is 60.1 Å². The number of rotatable bonds is 7. The van der Waals surface area contributed by atoms with Crippen LogP contribution in [0.2, 0.25) is 0 Å². The second-order valence-electron chi connectivity index (χ2n) is 4.59. The first-order valence-corrected chi connectivity index (χ1v) is 6.68. The zero-order valence-corrected chi connectivity index (χ0v) is 11.5. The number of methoxy groups -OCH3 is 1. The molecule has 0 bridgehead atoms. The lowest BCUT2D eigenvalue weighted by molar-refractivity contribution is 0.159. The first-order valence-electron chi connectivity index (χ1n) is 6.68. The average Bonchev–Trinajstić information content (AvgIpc) is 2.98. The average molecular weight is 259 g/mol. The van der Waals surface area contributed by atoms with Crippen LogP contribution in [0.5, 0.6) is 0 Å². The minimum absolute atomic E-state index is 0.0660. The highest BCUT2D eigenvalue weighted by molar-refractivity contribution is 5.26. The van der Waals surface area contributed by atoms with Crippen LogP contribution in [0.15, 0.2) is 53.1 Å². The summed E-state index contributed by atoms with van der Waals surface area (Å²) in [6.07, 6.45) is 2.72. The van der Waals surface area contributed by atoms with Crippen molar-refractivity contribution in [1.29, 1.82) is 0 Å². The summed E-state index contributed by atoms with van der Waals surface area (Å²) in [5, 5.41) is 3.60. The molecule has 0 fully saturated rings. The van der Waals surface area contributed by atoms with Crippen molar-refractivity contribution >= 4 is 0 Å². The van der Waals surface area contributed by atoms with Crippen molar-refractivity contribution in [2.24, 2.45) is 0 Å². The van der Waals surface area contributed by atoms with Crippen LogP contribution in [-0.2, 0) is 4.74 Å². The largest absolute Gasteiger partial charge is 0.467 e. The van der Waals surface area contributed by atoms with E-state index in [4.69, 9.17) is 9.15 Å². The molecular weight excluding hydrogens is 238 g/mol. The van der Waals surface area contributed by atoms with E-state index < -0.39 is 0 Å². The SMILES string of the molecule is CCC(COC)NC(c1ccccc1)c1ccco1. The lowest BCUT2D eigenvalue weighted by Gasteiger charge is -2.23. The Morgan fingerprint density at radius 3 is 2.53 bits per heavy atom. The molecule has 0 aliphatic rings. The van der Waals surface area contributed by atoms with Crippen LogP contribution in [0.25, 0.3) is 0 Å². The smallest absolute Gasteiger partial charge is 0.125 e. The lowest BCUT2D eigenvalue weighted by Crippen LogP contribution is -2.36. The third kappa shape index (κ3) is 3.69. The van der Waals surface area contributed by atoms with Gasteiger partial charge in [0.25, 0.3) is 0 Å². The van der Waals surface area contributed by atoms with Gasteiger partial charge in [-0.25, -0.2) is 0 Å². The maximum Gasteiger partial charge on any atom is 0.125 e. The molecule has 2 atom stereocenters. The van der Waals surface area contributed by atoms with E-state index in [0.29, 0.717) is 12.6 Å². The van der Waals surface area contributed by atoms with Crippen molar-refractivity contribution in [3.63, 3.8) is 0 Å². The van der Waals surface area contributed by atoms with E-state index in [9.17, 15) is 0 Å². The standard InChI is InChI=1S/C16H21NO2/c1-3-14(12-18-2)17-16(15-10-7-11-19-15)13-8-5-4-6-9-13/h4-11,14,16-17H,3,12H2,1-2H3. The molecule has 0 saturated carbocycles. The van der Waals surface area contributed by atoms with Crippen LogP contribution in [0.1, 0.15) is 30.7 Å². The highest BCUT2D eigenvalue weighted by Crippen LogP contribution is 2.23. The summed E-state index contributed by atoms with van der Waals surface area (Å²) in [5.74, 6) is 0.931. The molecule has 0 spiro atoms. The minimum atomic E-state index is 0.0660. The molecule has 1 aromatic heterocycles. The van der Waals surface area contributed by atoms with Gasteiger partial charge >= 0.3 is 0 Å². The van der Waals surface area contributed by atoms with Crippen LogP contribution >= 0.6 is 0 Å². The van der Waals surface area contributed by atoms with Crippen molar-refractivity contribution in [1.82, 2.24) is 5.32 Å². The molecule has 0 saturated heterocycles. The zero-order valence-electron chi connectivity index (χ0n) is 11.5. The molecule has 2 rings (SSSR count). The second-order valence-corrected chi connectivity index (χ2v) is 4.59. The predicted molar refractivity (Wildman–Crippen MR) is 76.1 cm³/mol. The fourth-order valence-corrected chi connectivity index (χ4v) is 2.16. The Kier molecular flexibility index (Phi) is 5.19. The van der Waals surface area contributed by atoms with E-state index in [1.54, 1.807) is 13.4 Å². The van der Waals surface area contributed by atoms with Crippen molar-refractivity contribution in [2.75, 3.05) is 13.7 Å². The summed E-state index contributed by atoms with van der Waals surface area (Å²) >= 11 is 0. The van der Waals surface area contributed by atoms with Crippen LogP contribution < -0.4 is 5.32 Å². The van der Waals surface area contributed by atoms with Gasteiger partial charge in [0.15, 0.2) is 0 Å². The molecule has 0 amide bonds. The van der Waals surface area contributed by atoms with Gasteiger partial charge < -0.3 is 9.15 Å². The monoisotopic (exact) mass is 259 g/mol. The molecule has 3 nitrogen and oxygen atoms in total. The number of nitrogens with one attached hydrogen (secondary N) is 1. The Morgan fingerprint density at radius 1 is 1.16 bits per heavy atom. The molecule has 102 valence electrons. The Balaban J connectivity index is 2.20. The van der Waals surface area contributed by atoms with Crippen LogP contribution in [0.4, 0.5) is 0 Å². The van der Waals surface area contributed by atoms with E-state index in [-0.39, 0.29) is 6.04 Å². The molecule has 0 radical (unpaired) electrons. The second kappa shape index (κ2) is 7.12. The quantitative estimate of drug-likeness (QED) is 0.827. The first kappa shape index (κ1) is 13.8. The normalized spacial score (nSPS) is 14.2. The maximum atomic E-state index is 5.57. The molecule has 1 aromatic carbocycles. The van der Waals surface area contributed by atoms with Crippen molar-refractivity contribution in [3.8, 4) is 0 Å². The summed E-state index contributed by atoms with van der Waals surface area (Å²) in [6, 6.07) is 14.6. The predicted octanol–water partition coefficient (Wildman–Crippen LogP) is 3.38. The minimum Gasteiger partial charge on any atom is -0.467 e. The molecule has 3 heteroatoms. The third-order valence-electron chi connectivity index (χ3n) is 3.22. The van der Waals surface area contributed by atoms with Crippen molar-refractivity contribution < 1.29 is 9.15 Å². The van der Waals surface area contributed by atoms with E-state index in [1.807, 2.05) is 30.3 Å². The molecule has 1 heterocycles. The fraction of sp³-hybridized carbons (Fsp3) is 0.375. The Hall–Kier alpha value is -1.58. The van der Waals surface area contributed by atoms with Gasteiger partial charge in [-0.15, -0.1) is 0 Å². The highest BCUT2D eigenvalue weighted by atomic mass is 16.5. The summed E-state index contributed by atoms with van der Waals surface area (Å²) < 4.78 is 10.8. The molecular formula is C16H21NO2. The van der Waals surface area contributed by atoms with Gasteiger partial charge in [-0.05, 0) is 24.1 Å². The maximum absolute atomic E-state index is 5.57. The van der Waals surface area contributed by atoms with Gasteiger partial charge in [0, 0.05) is 13.2 Å². The van der Waals surface area contributed by atoms with E-state index in [1.165, 1.54) is 5.56 Å². The van der Waals surface area contributed by atoms with Crippen LogP contribution in [-0.4, -0.2) is 19.8 Å². The number of hydrogen-bond acceptors (Lipinski definition) is 3. The molecule has 2 aromatic rings. The molecule has 0 aliphatic heterocycles. The zero-order chi connectivity index (χ0) is 13.5. The Morgan fingerprint density at radius 2 is 1.95 bits per heavy atom. The first-order chi connectivity index (χ1) is 9.35. The van der Waals surface area contributed by atoms with E-state index in [2.05, 4.69) is 24.4 Å². The molecule has 1 N–H and O–H groups in total. The van der Waals surface area contributed by atoms with Gasteiger partial charge in [-0.1, -0.05) is 37.3 Å². The number of furan rings is 1. The lowest BCUT2D eigenvalue weighted by atomic mass is 10.0. The van der Waals surface area contributed by atoms with Gasteiger partial charge in [-0.2, -0.15) is 0 Å². The van der Waals surface area contributed by atoms with Gasteiger partial charge in [-0.3, -0.25) is 5.32 Å².